The van der Waals surface area contributed by atoms with Crippen molar-refractivity contribution >= 4 is 8.32 Å². The summed E-state index contributed by atoms with van der Waals surface area (Å²) in [6.45, 7) is 20.0. The van der Waals surface area contributed by atoms with Gasteiger partial charge in [-0.2, -0.15) is 0 Å². The molecule has 1 aromatic carbocycles. The van der Waals surface area contributed by atoms with E-state index in [0.29, 0.717) is 35.8 Å². The van der Waals surface area contributed by atoms with Crippen LogP contribution in [-0.4, -0.2) is 39.9 Å². The van der Waals surface area contributed by atoms with Gasteiger partial charge in [-0.05, 0) is 58.5 Å². The van der Waals surface area contributed by atoms with Crippen molar-refractivity contribution < 1.29 is 19.0 Å². The number of benzene rings is 1. The van der Waals surface area contributed by atoms with Gasteiger partial charge in [-0.15, -0.1) is 0 Å². The van der Waals surface area contributed by atoms with E-state index in [4.69, 9.17) is 13.9 Å². The predicted molar refractivity (Wildman–Crippen MR) is 143 cm³/mol. The maximum absolute atomic E-state index is 10.7. The lowest BCUT2D eigenvalue weighted by atomic mass is 9.71. The SMILES string of the molecule is COc1ccc(CO[C@H]2CCC(C)(C)[C@H]3/C(=C\CO[Si](C(C)C)(C(C)C)C(C)C)[C@@]23CO)cc1. The van der Waals surface area contributed by atoms with Gasteiger partial charge in [0, 0.05) is 5.41 Å². The van der Waals surface area contributed by atoms with Crippen LogP contribution >= 0.6 is 0 Å². The first-order valence-electron chi connectivity index (χ1n) is 13.2. The van der Waals surface area contributed by atoms with Crippen molar-refractivity contribution in [1.82, 2.24) is 0 Å². The molecule has 0 radical (unpaired) electrons. The van der Waals surface area contributed by atoms with E-state index in [1.807, 2.05) is 12.1 Å². The molecule has 0 heterocycles. The van der Waals surface area contributed by atoms with Crippen molar-refractivity contribution in [3.05, 3.63) is 41.5 Å². The highest BCUT2D eigenvalue weighted by molar-refractivity contribution is 6.77. The van der Waals surface area contributed by atoms with Crippen molar-refractivity contribution in [2.24, 2.45) is 16.7 Å². The summed E-state index contributed by atoms with van der Waals surface area (Å²) in [5.74, 6) is 1.21. The Morgan fingerprint density at radius 2 is 1.62 bits per heavy atom. The molecule has 5 heteroatoms. The second-order valence-electron chi connectivity index (χ2n) is 12.1. The van der Waals surface area contributed by atoms with Crippen LogP contribution in [0.2, 0.25) is 16.6 Å². The van der Waals surface area contributed by atoms with E-state index in [0.717, 1.165) is 24.2 Å². The molecule has 0 saturated heterocycles. The fraction of sp³-hybridized carbons (Fsp3) is 0.724. The Balaban J connectivity index is 1.78. The van der Waals surface area contributed by atoms with Gasteiger partial charge >= 0.3 is 0 Å². The highest BCUT2D eigenvalue weighted by atomic mass is 28.4. The van der Waals surface area contributed by atoms with Gasteiger partial charge in [0.2, 0.25) is 8.32 Å². The summed E-state index contributed by atoms with van der Waals surface area (Å²) < 4.78 is 18.6. The smallest absolute Gasteiger partial charge is 0.200 e. The molecular formula is C29H48O4Si. The monoisotopic (exact) mass is 488 g/mol. The zero-order chi connectivity index (χ0) is 25.3. The standard InChI is InChI=1S/C29H48O4Si/c1-20(2)34(21(3)4,22(5)6)33-17-15-25-27-28(7,8)16-14-26(29(25,27)19-30)32-18-23-10-12-24(31-9)13-11-23/h10-13,15,20-22,26-27,30H,14,16-19H2,1-9H3/b25-15+/t26-,27+,29-/m0/s1. The molecule has 0 aromatic heterocycles. The number of hydrogen-bond donors (Lipinski definition) is 1. The van der Waals surface area contributed by atoms with Crippen molar-refractivity contribution in [2.75, 3.05) is 20.3 Å². The Morgan fingerprint density at radius 3 is 2.12 bits per heavy atom. The van der Waals surface area contributed by atoms with E-state index in [9.17, 15) is 5.11 Å². The van der Waals surface area contributed by atoms with E-state index in [1.54, 1.807) is 7.11 Å². The van der Waals surface area contributed by atoms with Crippen LogP contribution in [0.15, 0.2) is 35.9 Å². The first-order chi connectivity index (χ1) is 16.0. The van der Waals surface area contributed by atoms with Crippen LogP contribution in [0.25, 0.3) is 0 Å². The molecule has 1 N–H and O–H groups in total. The molecule has 2 saturated carbocycles. The van der Waals surface area contributed by atoms with Crippen molar-refractivity contribution in [3.63, 3.8) is 0 Å². The van der Waals surface area contributed by atoms with Gasteiger partial charge in [-0.25, -0.2) is 0 Å². The number of methoxy groups -OCH3 is 1. The molecule has 0 spiro atoms. The number of ether oxygens (including phenoxy) is 2. The van der Waals surface area contributed by atoms with Crippen LogP contribution in [0.4, 0.5) is 0 Å². The van der Waals surface area contributed by atoms with Gasteiger partial charge in [0.25, 0.3) is 0 Å². The van der Waals surface area contributed by atoms with Crippen LogP contribution in [0, 0.1) is 16.7 Å². The first-order valence-corrected chi connectivity index (χ1v) is 15.3. The van der Waals surface area contributed by atoms with Gasteiger partial charge in [0.1, 0.15) is 5.75 Å². The maximum atomic E-state index is 10.7. The topological polar surface area (TPSA) is 47.9 Å². The van der Waals surface area contributed by atoms with Crippen molar-refractivity contribution in [3.8, 4) is 5.75 Å². The Labute approximate surface area is 209 Å². The van der Waals surface area contributed by atoms with Gasteiger partial charge in [0.05, 0.1) is 33.0 Å². The lowest BCUT2D eigenvalue weighted by Crippen LogP contribution is -2.47. The summed E-state index contributed by atoms with van der Waals surface area (Å²) >= 11 is 0. The zero-order valence-corrected chi connectivity index (χ0v) is 24.0. The van der Waals surface area contributed by atoms with Crippen LogP contribution in [0.5, 0.6) is 5.75 Å². The van der Waals surface area contributed by atoms with E-state index in [2.05, 4.69) is 73.6 Å². The van der Waals surface area contributed by atoms with E-state index in [1.165, 1.54) is 5.57 Å². The van der Waals surface area contributed by atoms with E-state index in [-0.39, 0.29) is 23.5 Å². The molecular weight excluding hydrogens is 440 g/mol. The Kier molecular flexibility index (Phi) is 8.44. The first kappa shape index (κ1) is 27.4. The molecule has 1 aromatic rings. The molecule has 4 nitrogen and oxygen atoms in total. The number of fused-ring (bicyclic) bond motifs is 1. The van der Waals surface area contributed by atoms with E-state index >= 15 is 0 Å². The Bertz CT molecular complexity index is 820. The summed E-state index contributed by atoms with van der Waals surface area (Å²) in [5, 5.41) is 10.7. The Hall–Kier alpha value is -1.14. The minimum absolute atomic E-state index is 0.0335. The molecule has 192 valence electrons. The van der Waals surface area contributed by atoms with Gasteiger partial charge < -0.3 is 19.0 Å². The average molecular weight is 489 g/mol. The third kappa shape index (κ3) is 4.78. The van der Waals surface area contributed by atoms with Crippen molar-refractivity contribution in [2.45, 2.75) is 97.6 Å². The summed E-state index contributed by atoms with van der Waals surface area (Å²) in [5.41, 5.74) is 4.08. The van der Waals surface area contributed by atoms with Crippen LogP contribution in [0.1, 0.15) is 73.8 Å². The predicted octanol–water partition coefficient (Wildman–Crippen LogP) is 7.13. The van der Waals surface area contributed by atoms with Crippen LogP contribution < -0.4 is 4.74 Å². The number of hydrogen-bond acceptors (Lipinski definition) is 4. The lowest BCUT2D eigenvalue weighted by Gasteiger charge is -2.41. The third-order valence-electron chi connectivity index (χ3n) is 8.90. The molecule has 0 bridgehead atoms. The largest absolute Gasteiger partial charge is 0.497 e. The maximum Gasteiger partial charge on any atom is 0.200 e. The second kappa shape index (κ2) is 10.5. The molecule has 2 fully saturated rings. The highest BCUT2D eigenvalue weighted by Gasteiger charge is 2.70. The van der Waals surface area contributed by atoms with Crippen LogP contribution in [0.3, 0.4) is 0 Å². The van der Waals surface area contributed by atoms with Gasteiger partial charge in [-0.3, -0.25) is 0 Å². The molecule has 0 aliphatic heterocycles. The molecule has 34 heavy (non-hydrogen) atoms. The zero-order valence-electron chi connectivity index (χ0n) is 23.0. The minimum Gasteiger partial charge on any atom is -0.497 e. The quantitative estimate of drug-likeness (QED) is 0.266. The Morgan fingerprint density at radius 1 is 1.03 bits per heavy atom. The fourth-order valence-corrected chi connectivity index (χ4v) is 12.7. The molecule has 3 atom stereocenters. The molecule has 3 rings (SSSR count). The molecule has 2 aliphatic rings. The second-order valence-corrected chi connectivity index (χ2v) is 17.6. The van der Waals surface area contributed by atoms with Gasteiger partial charge in [0.15, 0.2) is 0 Å². The van der Waals surface area contributed by atoms with Gasteiger partial charge in [-0.1, -0.05) is 79.2 Å². The summed E-state index contributed by atoms with van der Waals surface area (Å²) in [6, 6.07) is 8.06. The molecule has 0 amide bonds. The van der Waals surface area contributed by atoms with Crippen LogP contribution in [-0.2, 0) is 15.8 Å². The minimum atomic E-state index is -1.92. The highest BCUT2D eigenvalue weighted by Crippen LogP contribution is 2.72. The van der Waals surface area contributed by atoms with E-state index < -0.39 is 8.32 Å². The number of aliphatic hydroxyl groups is 1. The summed E-state index contributed by atoms with van der Waals surface area (Å²) in [7, 11) is -0.237. The molecule has 2 aliphatic carbocycles. The lowest BCUT2D eigenvalue weighted by molar-refractivity contribution is -0.0700. The molecule has 0 unspecified atom stereocenters. The normalized spacial score (nSPS) is 27.5. The summed E-state index contributed by atoms with van der Waals surface area (Å²) in [4.78, 5) is 0. The number of rotatable bonds is 11. The van der Waals surface area contributed by atoms with Crippen molar-refractivity contribution in [1.29, 1.82) is 0 Å². The average Bonchev–Trinajstić information content (AvgIpc) is 3.46. The number of aliphatic hydroxyl groups excluding tert-OH is 1. The summed E-state index contributed by atoms with van der Waals surface area (Å²) in [6.07, 6.45) is 4.42. The fourth-order valence-electron chi connectivity index (χ4n) is 7.33. The third-order valence-corrected chi connectivity index (χ3v) is 15.0.